The number of hydrogen-bond acceptors (Lipinski definition) is 2. The van der Waals surface area contributed by atoms with Crippen LogP contribution in [-0.4, -0.2) is 26.4 Å². The maximum atomic E-state index is 6.46. The van der Waals surface area contributed by atoms with Gasteiger partial charge in [0, 0.05) is 5.82 Å². The molecule has 0 unspecified atom stereocenters. The average Bonchev–Trinajstić information content (AvgIpc) is 3.11. The van der Waals surface area contributed by atoms with Gasteiger partial charge in [-0.1, -0.05) is 72.9 Å². The molecular weight excluding hydrogens is 347 g/mol. The van der Waals surface area contributed by atoms with Gasteiger partial charge in [0.1, 0.15) is 0 Å². The van der Waals surface area contributed by atoms with Crippen LogP contribution in [0.25, 0.3) is 0 Å². The summed E-state index contributed by atoms with van der Waals surface area (Å²) in [4.78, 5) is 0. The topological polar surface area (TPSA) is 18.5 Å². The van der Waals surface area contributed by atoms with Gasteiger partial charge in [-0.3, -0.25) is 0 Å². The zero-order valence-electron chi connectivity index (χ0n) is 17.5. The molecule has 0 spiro atoms. The number of rotatable bonds is 3. The van der Waals surface area contributed by atoms with Crippen LogP contribution in [0.3, 0.4) is 0 Å². The van der Waals surface area contributed by atoms with Crippen molar-refractivity contribution in [3.8, 4) is 0 Å². The molecule has 2 aliphatic rings. The van der Waals surface area contributed by atoms with Crippen molar-refractivity contribution in [1.29, 1.82) is 0 Å². The first-order chi connectivity index (χ1) is 12.6. The van der Waals surface area contributed by atoms with Crippen molar-refractivity contribution in [1.82, 2.24) is 0 Å². The normalized spacial score (nSPS) is 26.2. The molecule has 0 N–H and O–H groups in total. The van der Waals surface area contributed by atoms with Crippen molar-refractivity contribution in [3.63, 3.8) is 0 Å². The Bertz CT molecular complexity index is 815. The quantitative estimate of drug-likeness (QED) is 0.697. The number of benzene rings is 2. The van der Waals surface area contributed by atoms with E-state index in [0.29, 0.717) is 11.4 Å². The van der Waals surface area contributed by atoms with Crippen LogP contribution in [0, 0.1) is 0 Å². The van der Waals surface area contributed by atoms with E-state index in [2.05, 4.69) is 95.4 Å². The first kappa shape index (κ1) is 19.0. The molecule has 0 radical (unpaired) electrons. The highest BCUT2D eigenvalue weighted by Gasteiger charge is 2.56. The monoisotopic (exact) mass is 378 g/mol. The first-order valence-corrected chi connectivity index (χ1v) is 13.2. The van der Waals surface area contributed by atoms with Gasteiger partial charge in [-0.05, 0) is 50.8 Å². The Hall–Kier alpha value is -1.36. The predicted molar refractivity (Wildman–Crippen MR) is 116 cm³/mol. The van der Waals surface area contributed by atoms with Crippen molar-refractivity contribution >= 4 is 20.4 Å². The fraction of sp³-hybridized carbons (Fsp3) is 0.478. The van der Waals surface area contributed by atoms with E-state index in [1.54, 1.807) is 0 Å². The van der Waals surface area contributed by atoms with Gasteiger partial charge in [0.2, 0.25) is 0 Å². The molecule has 1 heterocycles. The van der Waals surface area contributed by atoms with Crippen LogP contribution in [0.5, 0.6) is 0 Å². The van der Waals surface area contributed by atoms with Crippen LogP contribution in [0.2, 0.25) is 13.1 Å². The third kappa shape index (κ3) is 3.02. The summed E-state index contributed by atoms with van der Waals surface area (Å²) in [5.74, 6) is 0.308. The fourth-order valence-electron chi connectivity index (χ4n) is 4.74. The van der Waals surface area contributed by atoms with E-state index < -0.39 is 8.07 Å². The molecule has 2 aromatic rings. The largest absolute Gasteiger partial charge is 0.465 e. The lowest BCUT2D eigenvalue weighted by molar-refractivity contribution is 0.00578. The molecule has 27 heavy (non-hydrogen) atoms. The zero-order chi connectivity index (χ0) is 19.4. The van der Waals surface area contributed by atoms with Gasteiger partial charge >= 0.3 is 7.12 Å². The molecule has 0 amide bonds. The maximum Gasteiger partial charge on any atom is 0.465 e. The first-order valence-electron chi connectivity index (χ1n) is 10.1. The Kier molecular flexibility index (Phi) is 4.45. The highest BCUT2D eigenvalue weighted by atomic mass is 28.3. The molecule has 1 aliphatic carbocycles. The van der Waals surface area contributed by atoms with Crippen molar-refractivity contribution in [3.05, 3.63) is 65.7 Å². The minimum atomic E-state index is -1.67. The highest BCUT2D eigenvalue weighted by Crippen LogP contribution is 2.50. The van der Waals surface area contributed by atoms with E-state index in [-0.39, 0.29) is 18.3 Å². The molecule has 4 rings (SSSR count). The summed E-state index contributed by atoms with van der Waals surface area (Å²) < 4.78 is 12.9. The third-order valence-electron chi connectivity index (χ3n) is 7.25. The molecule has 4 heteroatoms. The summed E-state index contributed by atoms with van der Waals surface area (Å²) in [6, 6.07) is 20.1. The number of fused-ring (bicyclic) bond motifs is 1. The molecule has 2 nitrogen and oxygen atoms in total. The average molecular weight is 378 g/mol. The minimum absolute atomic E-state index is 0.165. The molecule has 2 atom stereocenters. The van der Waals surface area contributed by atoms with Crippen LogP contribution < -0.4 is 5.19 Å². The van der Waals surface area contributed by atoms with E-state index in [9.17, 15) is 0 Å². The molecule has 0 bridgehead atoms. The van der Waals surface area contributed by atoms with Crippen molar-refractivity contribution < 1.29 is 9.31 Å². The van der Waals surface area contributed by atoms with Gasteiger partial charge in [0.25, 0.3) is 0 Å². The van der Waals surface area contributed by atoms with E-state index >= 15 is 0 Å². The summed E-state index contributed by atoms with van der Waals surface area (Å²) in [5.41, 5.74) is 2.96. The highest BCUT2D eigenvalue weighted by molar-refractivity contribution is 6.91. The SMILES string of the molecule is CC1(C)OB([C@H]2C[C@H]([Si](C)(C)c3ccccc3)c3ccccc32)OC1(C)C. The lowest BCUT2D eigenvalue weighted by Crippen LogP contribution is -2.47. The third-order valence-corrected chi connectivity index (χ3v) is 11.4. The Labute approximate surface area is 165 Å². The van der Waals surface area contributed by atoms with Crippen LogP contribution in [0.4, 0.5) is 0 Å². The van der Waals surface area contributed by atoms with Gasteiger partial charge < -0.3 is 9.31 Å². The van der Waals surface area contributed by atoms with Gasteiger partial charge in [0.15, 0.2) is 0 Å². The molecule has 1 saturated heterocycles. The van der Waals surface area contributed by atoms with Crippen molar-refractivity contribution in [2.24, 2.45) is 0 Å². The second-order valence-corrected chi connectivity index (χ2v) is 14.5. The van der Waals surface area contributed by atoms with E-state index in [4.69, 9.17) is 9.31 Å². The lowest BCUT2D eigenvalue weighted by Gasteiger charge is -2.32. The van der Waals surface area contributed by atoms with E-state index in [0.717, 1.165) is 6.42 Å². The summed E-state index contributed by atoms with van der Waals surface area (Å²) in [6.45, 7) is 13.6. The predicted octanol–water partition coefficient (Wildman–Crippen LogP) is 5.04. The maximum absolute atomic E-state index is 6.46. The van der Waals surface area contributed by atoms with Crippen LogP contribution in [-0.2, 0) is 9.31 Å². The molecule has 0 saturated carbocycles. The van der Waals surface area contributed by atoms with Crippen LogP contribution in [0.1, 0.15) is 56.6 Å². The van der Waals surface area contributed by atoms with Gasteiger partial charge in [-0.25, -0.2) is 0 Å². The van der Waals surface area contributed by atoms with Crippen LogP contribution >= 0.6 is 0 Å². The van der Waals surface area contributed by atoms with Gasteiger partial charge in [-0.2, -0.15) is 0 Å². The van der Waals surface area contributed by atoms with Gasteiger partial charge in [0.05, 0.1) is 19.3 Å². The summed E-state index contributed by atoms with van der Waals surface area (Å²) >= 11 is 0. The van der Waals surface area contributed by atoms with Crippen molar-refractivity contribution in [2.75, 3.05) is 0 Å². The van der Waals surface area contributed by atoms with Crippen LogP contribution in [0.15, 0.2) is 54.6 Å². The van der Waals surface area contributed by atoms with E-state index in [1.807, 2.05) is 0 Å². The molecular formula is C23H31BO2Si. The molecule has 0 aromatic heterocycles. The Morgan fingerprint density at radius 3 is 1.93 bits per heavy atom. The standard InChI is InChI=1S/C23H31BO2Si/c1-22(2)23(3,4)26-24(25-22)20-16-21(19-15-11-10-14-18(19)20)27(5,6)17-12-8-7-9-13-17/h7-15,20-21H,16H2,1-6H3/t20-,21-/m0/s1. The summed E-state index contributed by atoms with van der Waals surface area (Å²) in [7, 11) is -1.84. The molecule has 1 aliphatic heterocycles. The Morgan fingerprint density at radius 1 is 0.815 bits per heavy atom. The molecule has 142 valence electrons. The second-order valence-electron chi connectivity index (χ2n) is 9.74. The minimum Gasteiger partial charge on any atom is -0.403 e. The Morgan fingerprint density at radius 2 is 1.33 bits per heavy atom. The zero-order valence-corrected chi connectivity index (χ0v) is 18.5. The second kappa shape index (κ2) is 6.33. The smallest absolute Gasteiger partial charge is 0.403 e. The number of hydrogen-bond donors (Lipinski definition) is 0. The van der Waals surface area contributed by atoms with Crippen molar-refractivity contribution in [2.45, 2.75) is 69.8 Å². The summed E-state index contributed by atoms with van der Waals surface area (Å²) in [5, 5.41) is 1.53. The lowest BCUT2D eigenvalue weighted by atomic mass is 9.68. The van der Waals surface area contributed by atoms with E-state index in [1.165, 1.54) is 16.3 Å². The van der Waals surface area contributed by atoms with Gasteiger partial charge in [-0.15, -0.1) is 0 Å². The summed E-state index contributed by atoms with van der Waals surface area (Å²) in [6.07, 6.45) is 1.12. The fourth-order valence-corrected chi connectivity index (χ4v) is 8.07. The Balaban J connectivity index is 1.71. The molecule has 1 fully saturated rings. The molecule has 2 aromatic carbocycles.